The molecule has 0 fully saturated rings. The van der Waals surface area contributed by atoms with E-state index in [0.29, 0.717) is 120 Å². The Morgan fingerprint density at radius 3 is 1.05 bits per heavy atom. The van der Waals surface area contributed by atoms with Crippen molar-refractivity contribution in [2.45, 2.75) is 225 Å². The minimum atomic E-state index is -3.41. The predicted octanol–water partition coefficient (Wildman–Crippen LogP) is 12.5. The van der Waals surface area contributed by atoms with Crippen LogP contribution in [0.5, 0.6) is 0 Å². The Morgan fingerprint density at radius 2 is 0.694 bits per heavy atom. The molecule has 6 aliphatic rings. The molecule has 0 bridgehead atoms. The molecule has 35 heteroatoms. The highest BCUT2D eigenvalue weighted by molar-refractivity contribution is 7.93. The third kappa shape index (κ3) is 24.7. The number of carbonyl (C=O) groups is 10. The molecule has 0 spiro atoms. The Hall–Kier alpha value is -7.64. The molecule has 18 N–H and O–H groups in total. The number of nitrogens with one attached hydrogen (secondary N) is 6. The maximum atomic E-state index is 12.1. The molecule has 12 rings (SSSR count). The number of hydrogen-bond acceptors (Lipinski definition) is 21. The van der Waals surface area contributed by atoms with Crippen LogP contribution in [0.25, 0.3) is 0 Å². The summed E-state index contributed by atoms with van der Waals surface area (Å²) in [4.78, 5) is 121. The van der Waals surface area contributed by atoms with Crippen molar-refractivity contribution in [3.05, 3.63) is 96.0 Å². The third-order valence-corrected chi connectivity index (χ3v) is 29.7. The van der Waals surface area contributed by atoms with E-state index >= 15 is 0 Å². The third-order valence-electron chi connectivity index (χ3n) is 19.6. The Kier molecular flexibility index (Phi) is 32.5. The number of nitrogens with two attached hydrogens (primary N) is 6. The highest BCUT2D eigenvalue weighted by Gasteiger charge is 2.36. The van der Waals surface area contributed by atoms with Gasteiger partial charge in [-0.25, -0.2) is 16.8 Å². The monoisotopic (exact) mass is 1680 g/mol. The quantitative estimate of drug-likeness (QED) is 0.0335. The zero-order valence-corrected chi connectivity index (χ0v) is 71.9. The molecule has 610 valence electrons. The summed E-state index contributed by atoms with van der Waals surface area (Å²) in [5, 5.41) is 14.0. The van der Waals surface area contributed by atoms with Gasteiger partial charge in [0.1, 0.15) is 30.0 Å². The number of thiophene rings is 6. The van der Waals surface area contributed by atoms with Crippen molar-refractivity contribution in [2.24, 2.45) is 63.5 Å². The minimum absolute atomic E-state index is 0.0458. The smallest absolute Gasteiger partial charge is 0.252 e. The fraction of sp³-hybridized carbons (Fsp3) is 0.553. The molecule has 6 aromatic rings. The van der Waals surface area contributed by atoms with Gasteiger partial charge in [0.15, 0.2) is 0 Å². The van der Waals surface area contributed by atoms with Gasteiger partial charge in [-0.15, -0.1) is 68.0 Å². The summed E-state index contributed by atoms with van der Waals surface area (Å²) >= 11 is 8.57. The van der Waals surface area contributed by atoms with Crippen LogP contribution in [0.3, 0.4) is 0 Å². The van der Waals surface area contributed by atoms with E-state index in [1.165, 1.54) is 117 Å². The molecule has 111 heavy (non-hydrogen) atoms. The number of sulfonamides is 2. The molecule has 7 heterocycles. The zero-order valence-electron chi connectivity index (χ0n) is 65.3. The molecule has 27 nitrogen and oxygen atoms in total. The Bertz CT molecular complexity index is 4680. The van der Waals surface area contributed by atoms with E-state index in [9.17, 15) is 64.8 Å². The molecule has 4 atom stereocenters. The fourth-order valence-electron chi connectivity index (χ4n) is 14.2. The van der Waals surface area contributed by atoms with Gasteiger partial charge in [0, 0.05) is 57.0 Å². The SMILES string of the molecule is CC(=O)Nc1sc2c(c1C(N)=O)CCC(C(C)(C)C)C2.CC(=O)Nc1sc2c(c1C(N)=O)CCC(C)C2.CC(=O)Nc1sc2c(c1C(N)=O)CCCCC2.CC(=O)Nc1sc2c(c1C(N)=O)CCOC2.CCCCS(=O)(=O)Nc1sc2c(c1C(N)=O)CCC(C)C2.CCCS(=O)(=O)Nc1sc2c(c1C(N)=O)CCC(C)C2. The molecule has 10 amide bonds. The van der Waals surface area contributed by atoms with Crippen molar-refractivity contribution in [3.8, 4) is 0 Å². The average Bonchev–Trinajstić information content (AvgIpc) is 1.65. The normalized spacial score (nSPS) is 17.3. The van der Waals surface area contributed by atoms with Crippen LogP contribution in [0, 0.1) is 29.1 Å². The molecule has 5 aliphatic carbocycles. The van der Waals surface area contributed by atoms with Crippen molar-refractivity contribution in [3.63, 3.8) is 0 Å². The second-order valence-electron chi connectivity index (χ2n) is 30.1. The van der Waals surface area contributed by atoms with Crippen molar-refractivity contribution >= 4 is 177 Å². The van der Waals surface area contributed by atoms with Crippen molar-refractivity contribution in [1.29, 1.82) is 0 Å². The van der Waals surface area contributed by atoms with Crippen molar-refractivity contribution in [1.82, 2.24) is 0 Å². The minimum Gasteiger partial charge on any atom is -0.376 e. The Balaban J connectivity index is 0.000000185. The molecule has 6 aromatic heterocycles. The predicted molar refractivity (Wildman–Crippen MR) is 447 cm³/mol. The number of anilines is 6. The molecule has 0 radical (unpaired) electrons. The number of primary amides is 6. The topological polar surface area (TPSA) is 477 Å². The molecule has 4 unspecified atom stereocenters. The van der Waals surface area contributed by atoms with E-state index in [0.717, 1.165) is 157 Å². The van der Waals surface area contributed by atoms with Gasteiger partial charge in [-0.05, 0) is 184 Å². The molecular formula is C76H108N12O15S8. The molecular weight excluding hydrogens is 1580 g/mol. The van der Waals surface area contributed by atoms with Crippen LogP contribution in [0.1, 0.15) is 272 Å². The van der Waals surface area contributed by atoms with E-state index in [2.05, 4.69) is 72.3 Å². The van der Waals surface area contributed by atoms with Gasteiger partial charge in [-0.2, -0.15) is 0 Å². The lowest BCUT2D eigenvalue weighted by Gasteiger charge is -2.33. The van der Waals surface area contributed by atoms with Crippen LogP contribution in [-0.4, -0.2) is 94.0 Å². The lowest BCUT2D eigenvalue weighted by atomic mass is 9.72. The summed E-state index contributed by atoms with van der Waals surface area (Å²) in [5.41, 5.74) is 41.6. The number of rotatable bonds is 19. The number of carbonyl (C=O) groups excluding carboxylic acids is 10. The number of hydrogen-bond donors (Lipinski definition) is 12. The van der Waals surface area contributed by atoms with Gasteiger partial charge in [0.05, 0.1) is 58.1 Å². The standard InChI is InChI=1S/C15H22N2O2S.C14H22N2O3S2.C13H20N2O3S2.2C12H16N2O2S.C10H12N2O3S/c1-8(18)17-14-12(13(16)19)10-6-5-9(15(2,3)4)7-11(10)20-14;1-3-4-7-21(18,19)16-14-12(13(15)17)10-6-5-9(2)8-11(10)20-14;1-3-6-20(17,18)15-13-11(12(14)16)9-5-4-8(2)7-10(9)19-13;1-6-3-4-8-9(5-6)17-12(14-7(2)15)10(8)11(13)16;1-7(15)14-12-10(11(13)16)8-5-3-2-4-6-9(8)17-12;1-5(13)12-10-8(9(11)14)6-2-3-15-4-7(6)16-10/h9H,5-7H2,1-4H3,(H2,16,19)(H,17,18);9,16H,3-8H2,1-2H3,(H2,15,17);8,15H,3-7H2,1-2H3,(H2,14,16);6H,3-5H2,1-2H3,(H2,13,16)(H,14,15);2-6H2,1H3,(H2,13,16)(H,14,15);2-4H2,1H3,(H2,11,14)(H,12,13). The van der Waals surface area contributed by atoms with Crippen molar-refractivity contribution in [2.75, 3.05) is 48.8 Å². The first kappa shape index (κ1) is 90.6. The van der Waals surface area contributed by atoms with Gasteiger partial charge in [0.2, 0.25) is 43.7 Å². The summed E-state index contributed by atoms with van der Waals surface area (Å²) in [6, 6.07) is 0. The van der Waals surface area contributed by atoms with Gasteiger partial charge in [-0.1, -0.05) is 68.2 Å². The number of ether oxygens (including phenoxy) is 1. The first-order valence-electron chi connectivity index (χ1n) is 37.4. The number of amides is 10. The molecule has 0 aromatic carbocycles. The van der Waals surface area contributed by atoms with Crippen LogP contribution in [0.2, 0.25) is 0 Å². The van der Waals surface area contributed by atoms with E-state index in [1.54, 1.807) is 6.92 Å². The summed E-state index contributed by atoms with van der Waals surface area (Å²) in [5.74, 6) is -1.16. The molecule has 0 saturated heterocycles. The van der Waals surface area contributed by atoms with Gasteiger partial charge < -0.3 is 60.4 Å². The summed E-state index contributed by atoms with van der Waals surface area (Å²) in [7, 11) is -6.81. The average molecular weight is 1690 g/mol. The molecule has 0 saturated carbocycles. The van der Waals surface area contributed by atoms with Crippen LogP contribution in [-0.2, 0) is 121 Å². The van der Waals surface area contributed by atoms with E-state index in [-0.39, 0.29) is 40.5 Å². The number of aryl methyl sites for hydroxylation is 1. The maximum absolute atomic E-state index is 12.1. The van der Waals surface area contributed by atoms with Gasteiger partial charge >= 0.3 is 0 Å². The van der Waals surface area contributed by atoms with E-state index in [1.807, 2.05) is 6.92 Å². The van der Waals surface area contributed by atoms with E-state index < -0.39 is 55.5 Å². The highest BCUT2D eigenvalue weighted by atomic mass is 32.2. The van der Waals surface area contributed by atoms with Crippen LogP contribution in [0.4, 0.5) is 30.0 Å². The lowest BCUT2D eigenvalue weighted by molar-refractivity contribution is -0.115. The lowest BCUT2D eigenvalue weighted by Crippen LogP contribution is -2.27. The number of unbranched alkanes of at least 4 members (excludes halogenated alkanes) is 1. The highest BCUT2D eigenvalue weighted by Crippen LogP contribution is 2.47. The fourth-order valence-corrected chi connectivity index (χ4v) is 25.5. The first-order valence-corrected chi connectivity index (χ1v) is 45.6. The largest absolute Gasteiger partial charge is 0.376 e. The van der Waals surface area contributed by atoms with Crippen LogP contribution >= 0.6 is 68.0 Å². The van der Waals surface area contributed by atoms with Gasteiger partial charge in [0.25, 0.3) is 35.4 Å². The maximum Gasteiger partial charge on any atom is 0.252 e. The van der Waals surface area contributed by atoms with E-state index in [4.69, 9.17) is 39.1 Å². The van der Waals surface area contributed by atoms with Crippen molar-refractivity contribution < 1.29 is 69.5 Å². The summed E-state index contributed by atoms with van der Waals surface area (Å²) in [6.45, 7) is 23.8. The molecule has 1 aliphatic heterocycles. The first-order chi connectivity index (χ1) is 52.0. The summed E-state index contributed by atoms with van der Waals surface area (Å²) in [6.07, 6.45) is 19.1. The zero-order chi connectivity index (χ0) is 82.3. The second-order valence-corrected chi connectivity index (χ2v) is 40.4. The van der Waals surface area contributed by atoms with Crippen LogP contribution < -0.4 is 65.1 Å². The summed E-state index contributed by atoms with van der Waals surface area (Å²) < 4.78 is 58.3. The van der Waals surface area contributed by atoms with Crippen LogP contribution in [0.15, 0.2) is 0 Å². The second kappa shape index (κ2) is 39.9. The number of fused-ring (bicyclic) bond motifs is 6. The van der Waals surface area contributed by atoms with Gasteiger partial charge in [-0.3, -0.25) is 57.4 Å². The Labute approximate surface area is 674 Å². The Morgan fingerprint density at radius 1 is 0.387 bits per heavy atom.